The molecule has 2 aromatic rings. The summed E-state index contributed by atoms with van der Waals surface area (Å²) in [5.41, 5.74) is 3.08. The van der Waals surface area contributed by atoms with E-state index in [2.05, 4.69) is 50.4 Å². The standard InChI is InChI=1S/C25H30N2O4/c1-25(2,3)20-7-4-17(5-8-20)15-26-23(28)18-10-12-27(13-11-18)24(29)19-6-9-21-22(14-19)31-16-30-21/h4-9,14,18H,10-13,15-16H2,1-3H3,(H,26,28). The summed E-state index contributed by atoms with van der Waals surface area (Å²) >= 11 is 0. The van der Waals surface area contributed by atoms with Gasteiger partial charge in [0.25, 0.3) is 5.91 Å². The normalized spacial score (nSPS) is 16.3. The molecule has 0 radical (unpaired) electrons. The molecule has 1 fully saturated rings. The minimum atomic E-state index is -0.0605. The Morgan fingerprint density at radius 2 is 1.68 bits per heavy atom. The molecule has 6 nitrogen and oxygen atoms in total. The van der Waals surface area contributed by atoms with E-state index in [0.717, 1.165) is 5.56 Å². The Bertz CT molecular complexity index is 954. The summed E-state index contributed by atoms with van der Waals surface area (Å²) in [6.07, 6.45) is 1.34. The van der Waals surface area contributed by atoms with E-state index in [0.29, 0.717) is 49.5 Å². The van der Waals surface area contributed by atoms with Gasteiger partial charge in [-0.15, -0.1) is 0 Å². The summed E-state index contributed by atoms with van der Waals surface area (Å²) in [7, 11) is 0. The summed E-state index contributed by atoms with van der Waals surface area (Å²) in [6.45, 7) is 8.43. The monoisotopic (exact) mass is 422 g/mol. The first-order valence-electron chi connectivity index (χ1n) is 10.9. The highest BCUT2D eigenvalue weighted by molar-refractivity contribution is 5.95. The van der Waals surface area contributed by atoms with Crippen molar-refractivity contribution in [2.24, 2.45) is 5.92 Å². The zero-order valence-electron chi connectivity index (χ0n) is 18.4. The number of carbonyl (C=O) groups is 2. The number of ether oxygens (including phenoxy) is 2. The number of nitrogens with one attached hydrogen (secondary N) is 1. The first-order valence-corrected chi connectivity index (χ1v) is 10.9. The Hall–Kier alpha value is -3.02. The molecule has 0 saturated carbocycles. The van der Waals surface area contributed by atoms with Crippen LogP contribution in [0.2, 0.25) is 0 Å². The lowest BCUT2D eigenvalue weighted by molar-refractivity contribution is -0.126. The third-order valence-electron chi connectivity index (χ3n) is 6.06. The van der Waals surface area contributed by atoms with Crippen molar-refractivity contribution in [3.05, 3.63) is 59.2 Å². The van der Waals surface area contributed by atoms with Crippen LogP contribution in [-0.4, -0.2) is 36.6 Å². The van der Waals surface area contributed by atoms with Gasteiger partial charge in [0.15, 0.2) is 11.5 Å². The third-order valence-corrected chi connectivity index (χ3v) is 6.06. The van der Waals surface area contributed by atoms with Crippen LogP contribution in [0.5, 0.6) is 11.5 Å². The van der Waals surface area contributed by atoms with Crippen molar-refractivity contribution in [3.8, 4) is 11.5 Å². The van der Waals surface area contributed by atoms with Crippen LogP contribution in [0.4, 0.5) is 0 Å². The summed E-state index contributed by atoms with van der Waals surface area (Å²) in [4.78, 5) is 27.3. The van der Waals surface area contributed by atoms with Gasteiger partial charge in [0, 0.05) is 31.1 Å². The average molecular weight is 423 g/mol. The Morgan fingerprint density at radius 1 is 1.00 bits per heavy atom. The van der Waals surface area contributed by atoms with Gasteiger partial charge in [-0.3, -0.25) is 9.59 Å². The van der Waals surface area contributed by atoms with Crippen LogP contribution in [0.25, 0.3) is 0 Å². The second-order valence-electron chi connectivity index (χ2n) is 9.30. The molecule has 0 aliphatic carbocycles. The molecule has 1 saturated heterocycles. The highest BCUT2D eigenvalue weighted by atomic mass is 16.7. The predicted octanol–water partition coefficient (Wildman–Crippen LogP) is 3.88. The van der Waals surface area contributed by atoms with Crippen LogP contribution in [0.15, 0.2) is 42.5 Å². The molecule has 31 heavy (non-hydrogen) atoms. The molecule has 4 rings (SSSR count). The van der Waals surface area contributed by atoms with Crippen LogP contribution >= 0.6 is 0 Å². The molecular formula is C25H30N2O4. The Morgan fingerprint density at radius 3 is 2.35 bits per heavy atom. The lowest BCUT2D eigenvalue weighted by Crippen LogP contribution is -2.42. The van der Waals surface area contributed by atoms with Crippen LogP contribution in [0, 0.1) is 5.92 Å². The van der Waals surface area contributed by atoms with Gasteiger partial charge in [-0.1, -0.05) is 45.0 Å². The van der Waals surface area contributed by atoms with Crippen molar-refractivity contribution in [3.63, 3.8) is 0 Å². The van der Waals surface area contributed by atoms with Crippen molar-refractivity contribution < 1.29 is 19.1 Å². The van der Waals surface area contributed by atoms with E-state index >= 15 is 0 Å². The fourth-order valence-corrected chi connectivity index (χ4v) is 4.01. The molecule has 0 spiro atoms. The largest absolute Gasteiger partial charge is 0.454 e. The van der Waals surface area contributed by atoms with Gasteiger partial charge in [-0.25, -0.2) is 0 Å². The summed E-state index contributed by atoms with van der Waals surface area (Å²) in [6, 6.07) is 13.7. The predicted molar refractivity (Wildman–Crippen MR) is 118 cm³/mol. The van der Waals surface area contributed by atoms with Crippen molar-refractivity contribution in [1.82, 2.24) is 10.2 Å². The molecule has 6 heteroatoms. The van der Waals surface area contributed by atoms with Crippen LogP contribution < -0.4 is 14.8 Å². The number of hydrogen-bond acceptors (Lipinski definition) is 4. The molecule has 0 bridgehead atoms. The number of carbonyl (C=O) groups excluding carboxylic acids is 2. The van der Waals surface area contributed by atoms with E-state index in [4.69, 9.17) is 9.47 Å². The van der Waals surface area contributed by atoms with E-state index in [9.17, 15) is 9.59 Å². The maximum Gasteiger partial charge on any atom is 0.253 e. The highest BCUT2D eigenvalue weighted by Gasteiger charge is 2.28. The molecule has 2 heterocycles. The second kappa shape index (κ2) is 8.61. The van der Waals surface area contributed by atoms with E-state index in [1.54, 1.807) is 18.2 Å². The van der Waals surface area contributed by atoms with Crippen LogP contribution in [0.3, 0.4) is 0 Å². The minimum absolute atomic E-state index is 0.0314. The molecule has 2 aliphatic rings. The highest BCUT2D eigenvalue weighted by Crippen LogP contribution is 2.33. The molecule has 0 aromatic heterocycles. The summed E-state index contributed by atoms with van der Waals surface area (Å²) in [5, 5.41) is 3.06. The van der Waals surface area contributed by atoms with Crippen LogP contribution in [0.1, 0.15) is 55.1 Å². The molecule has 0 atom stereocenters. The zero-order valence-corrected chi connectivity index (χ0v) is 18.4. The van der Waals surface area contributed by atoms with Crippen LogP contribution in [-0.2, 0) is 16.8 Å². The van der Waals surface area contributed by atoms with Gasteiger partial charge in [0.05, 0.1) is 0 Å². The number of fused-ring (bicyclic) bond motifs is 1. The first kappa shape index (κ1) is 21.2. The molecule has 164 valence electrons. The molecule has 2 amide bonds. The van der Waals surface area contributed by atoms with Gasteiger partial charge in [-0.2, -0.15) is 0 Å². The van der Waals surface area contributed by atoms with Gasteiger partial charge in [0.1, 0.15) is 0 Å². The SMILES string of the molecule is CC(C)(C)c1ccc(CNC(=O)C2CCN(C(=O)c3ccc4c(c3)OCO4)CC2)cc1. The second-order valence-corrected chi connectivity index (χ2v) is 9.30. The van der Waals surface area contributed by atoms with Gasteiger partial charge >= 0.3 is 0 Å². The van der Waals surface area contributed by atoms with Gasteiger partial charge < -0.3 is 19.7 Å². The average Bonchev–Trinajstić information content (AvgIpc) is 3.24. The smallest absolute Gasteiger partial charge is 0.253 e. The van der Waals surface area contributed by atoms with Crippen molar-refractivity contribution >= 4 is 11.8 Å². The Labute approximate surface area is 183 Å². The number of hydrogen-bond donors (Lipinski definition) is 1. The number of amides is 2. The minimum Gasteiger partial charge on any atom is -0.454 e. The number of piperidine rings is 1. The Balaban J connectivity index is 1.26. The quantitative estimate of drug-likeness (QED) is 0.812. The van der Waals surface area contributed by atoms with Gasteiger partial charge in [-0.05, 0) is 47.6 Å². The third kappa shape index (κ3) is 4.84. The fraction of sp³-hybridized carbons (Fsp3) is 0.440. The maximum atomic E-state index is 12.8. The molecular weight excluding hydrogens is 392 g/mol. The van der Waals surface area contributed by atoms with E-state index in [1.165, 1.54) is 5.56 Å². The lowest BCUT2D eigenvalue weighted by atomic mass is 9.87. The number of likely N-dealkylation sites (tertiary alicyclic amines) is 1. The summed E-state index contributed by atoms with van der Waals surface area (Å²) in [5.74, 6) is 1.25. The van der Waals surface area contributed by atoms with Crippen molar-refractivity contribution in [2.45, 2.75) is 45.6 Å². The van der Waals surface area contributed by atoms with E-state index < -0.39 is 0 Å². The molecule has 2 aliphatic heterocycles. The number of nitrogens with zero attached hydrogens (tertiary/aromatic N) is 1. The molecule has 1 N–H and O–H groups in total. The number of rotatable bonds is 4. The zero-order chi connectivity index (χ0) is 22.0. The lowest BCUT2D eigenvalue weighted by Gasteiger charge is -2.31. The molecule has 2 aromatic carbocycles. The molecule has 0 unspecified atom stereocenters. The number of benzene rings is 2. The van der Waals surface area contributed by atoms with E-state index in [1.807, 2.05) is 4.90 Å². The Kier molecular flexibility index (Phi) is 5.90. The fourth-order valence-electron chi connectivity index (χ4n) is 4.01. The van der Waals surface area contributed by atoms with Gasteiger partial charge in [0.2, 0.25) is 12.7 Å². The topological polar surface area (TPSA) is 67.9 Å². The van der Waals surface area contributed by atoms with Crippen molar-refractivity contribution in [1.29, 1.82) is 0 Å². The first-order chi connectivity index (χ1) is 14.8. The maximum absolute atomic E-state index is 12.8. The van der Waals surface area contributed by atoms with Crippen molar-refractivity contribution in [2.75, 3.05) is 19.9 Å². The summed E-state index contributed by atoms with van der Waals surface area (Å²) < 4.78 is 10.7. The van der Waals surface area contributed by atoms with E-state index in [-0.39, 0.29) is 29.9 Å².